The Labute approximate surface area is 129 Å². The van der Waals surface area contributed by atoms with E-state index in [1.54, 1.807) is 17.1 Å². The lowest BCUT2D eigenvalue weighted by molar-refractivity contribution is -0.118. The Balaban J connectivity index is 1.67. The van der Waals surface area contributed by atoms with E-state index in [9.17, 15) is 4.79 Å². The normalized spacial score (nSPS) is 12.5. The largest absolute Gasteiger partial charge is 0.299 e. The van der Waals surface area contributed by atoms with Gasteiger partial charge < -0.3 is 0 Å². The van der Waals surface area contributed by atoms with Crippen LogP contribution in [0.2, 0.25) is 0 Å². The van der Waals surface area contributed by atoms with Crippen molar-refractivity contribution in [3.05, 3.63) is 60.0 Å². The molecular formula is C18H19N3O. The lowest BCUT2D eigenvalue weighted by Crippen LogP contribution is -2.08. The van der Waals surface area contributed by atoms with Crippen molar-refractivity contribution in [3.8, 4) is 0 Å². The molecule has 0 aliphatic carbocycles. The van der Waals surface area contributed by atoms with Crippen LogP contribution in [0.5, 0.6) is 0 Å². The number of hydrogen-bond acceptors (Lipinski definition) is 3. The Morgan fingerprint density at radius 1 is 1.23 bits per heavy atom. The topological polar surface area (TPSA) is 47.8 Å². The second-order valence-corrected chi connectivity index (χ2v) is 5.73. The zero-order chi connectivity index (χ0) is 15.5. The molecule has 0 saturated carbocycles. The van der Waals surface area contributed by atoms with Crippen molar-refractivity contribution in [1.29, 1.82) is 0 Å². The molecular weight excluding hydrogens is 274 g/mol. The van der Waals surface area contributed by atoms with Gasteiger partial charge in [0, 0.05) is 31.0 Å². The molecule has 0 spiro atoms. The first-order valence-electron chi connectivity index (χ1n) is 7.47. The van der Waals surface area contributed by atoms with Gasteiger partial charge in [-0.25, -0.2) is 0 Å². The van der Waals surface area contributed by atoms with Gasteiger partial charge in [-0.3, -0.25) is 14.5 Å². The highest BCUT2D eigenvalue weighted by Gasteiger charge is 2.13. The van der Waals surface area contributed by atoms with Crippen molar-refractivity contribution in [1.82, 2.24) is 14.8 Å². The van der Waals surface area contributed by atoms with Crippen LogP contribution < -0.4 is 0 Å². The molecule has 0 saturated heterocycles. The van der Waals surface area contributed by atoms with Crippen molar-refractivity contribution in [2.75, 3.05) is 0 Å². The van der Waals surface area contributed by atoms with Crippen LogP contribution >= 0.6 is 0 Å². The van der Waals surface area contributed by atoms with Gasteiger partial charge >= 0.3 is 0 Å². The molecule has 2 aromatic heterocycles. The van der Waals surface area contributed by atoms with E-state index < -0.39 is 0 Å². The van der Waals surface area contributed by atoms with Gasteiger partial charge in [-0.15, -0.1) is 0 Å². The number of fused-ring (bicyclic) bond motifs is 1. The summed E-state index contributed by atoms with van der Waals surface area (Å²) in [5.41, 5.74) is 2.99. The molecule has 1 aromatic carbocycles. The molecule has 0 amide bonds. The molecule has 1 atom stereocenters. The summed E-state index contributed by atoms with van der Waals surface area (Å²) in [5.74, 6) is 0.447. The Morgan fingerprint density at radius 3 is 2.77 bits per heavy atom. The smallest absolute Gasteiger partial charge is 0.139 e. The molecule has 0 bridgehead atoms. The number of nitrogens with zero attached hydrogens (tertiary/aromatic N) is 3. The van der Waals surface area contributed by atoms with Crippen molar-refractivity contribution in [2.45, 2.75) is 25.7 Å². The lowest BCUT2D eigenvalue weighted by atomic mass is 9.94. The summed E-state index contributed by atoms with van der Waals surface area (Å²) < 4.78 is 1.78. The number of aryl methyl sites for hydroxylation is 1. The van der Waals surface area contributed by atoms with Gasteiger partial charge in [0.25, 0.3) is 0 Å². The van der Waals surface area contributed by atoms with E-state index in [2.05, 4.69) is 29.1 Å². The quantitative estimate of drug-likeness (QED) is 0.725. The van der Waals surface area contributed by atoms with Crippen molar-refractivity contribution < 1.29 is 4.79 Å². The van der Waals surface area contributed by atoms with E-state index >= 15 is 0 Å². The summed E-state index contributed by atoms with van der Waals surface area (Å²) in [6.45, 7) is 2.09. The first-order chi connectivity index (χ1) is 10.6. The SMILES string of the molecule is C[C@@H](CC(=O)Cc1cc2cnn(C)c2cn1)c1ccccc1. The maximum absolute atomic E-state index is 12.3. The minimum Gasteiger partial charge on any atom is -0.299 e. The van der Waals surface area contributed by atoms with Gasteiger partial charge in [-0.1, -0.05) is 37.3 Å². The fourth-order valence-corrected chi connectivity index (χ4v) is 2.71. The van der Waals surface area contributed by atoms with Crippen LogP contribution in [0.4, 0.5) is 0 Å². The van der Waals surface area contributed by atoms with Crippen LogP contribution in [0, 0.1) is 0 Å². The predicted molar refractivity (Wildman–Crippen MR) is 86.7 cm³/mol. The van der Waals surface area contributed by atoms with Crippen LogP contribution in [-0.2, 0) is 18.3 Å². The van der Waals surface area contributed by atoms with E-state index in [0.29, 0.717) is 12.8 Å². The standard InChI is InChI=1S/C18H19N3O/c1-13(14-6-4-3-5-7-14)8-17(22)10-16-9-15-11-20-21(2)18(15)12-19-16/h3-7,9,11-13H,8,10H2,1-2H3/t13-/m0/s1. The zero-order valence-corrected chi connectivity index (χ0v) is 12.9. The molecule has 0 fully saturated rings. The highest BCUT2D eigenvalue weighted by molar-refractivity contribution is 5.83. The molecule has 3 rings (SSSR count). The molecule has 4 nitrogen and oxygen atoms in total. The molecule has 2 heterocycles. The molecule has 112 valence electrons. The summed E-state index contributed by atoms with van der Waals surface area (Å²) in [6, 6.07) is 12.1. The molecule has 0 N–H and O–H groups in total. The minimum absolute atomic E-state index is 0.215. The first-order valence-corrected chi connectivity index (χ1v) is 7.47. The third kappa shape index (κ3) is 3.06. The number of Topliss-reactive ketones (excluding diaryl/α,β-unsaturated/α-hetero) is 1. The average molecular weight is 293 g/mol. The summed E-state index contributed by atoms with van der Waals surface area (Å²) >= 11 is 0. The summed E-state index contributed by atoms with van der Waals surface area (Å²) in [4.78, 5) is 16.7. The highest BCUT2D eigenvalue weighted by Crippen LogP contribution is 2.20. The van der Waals surface area contributed by atoms with Gasteiger partial charge in [-0.2, -0.15) is 5.10 Å². The lowest BCUT2D eigenvalue weighted by Gasteiger charge is -2.10. The van der Waals surface area contributed by atoms with Crippen LogP contribution in [-0.4, -0.2) is 20.5 Å². The van der Waals surface area contributed by atoms with Gasteiger partial charge in [0.1, 0.15) is 5.78 Å². The third-order valence-electron chi connectivity index (χ3n) is 3.97. The molecule has 0 unspecified atom stereocenters. The van der Waals surface area contributed by atoms with Crippen molar-refractivity contribution in [3.63, 3.8) is 0 Å². The fourth-order valence-electron chi connectivity index (χ4n) is 2.71. The minimum atomic E-state index is 0.215. The Kier molecular flexibility index (Phi) is 4.00. The summed E-state index contributed by atoms with van der Waals surface area (Å²) in [5, 5.41) is 5.22. The van der Waals surface area contributed by atoms with Crippen molar-refractivity contribution in [2.24, 2.45) is 7.05 Å². The van der Waals surface area contributed by atoms with E-state index in [-0.39, 0.29) is 11.7 Å². The van der Waals surface area contributed by atoms with Crippen molar-refractivity contribution >= 4 is 16.7 Å². The maximum Gasteiger partial charge on any atom is 0.139 e. The summed E-state index contributed by atoms with van der Waals surface area (Å²) in [7, 11) is 1.89. The van der Waals surface area contributed by atoms with Gasteiger partial charge in [0.05, 0.1) is 17.9 Å². The number of ketones is 1. The van der Waals surface area contributed by atoms with Gasteiger partial charge in [0.2, 0.25) is 0 Å². The molecule has 0 aliphatic rings. The van der Waals surface area contributed by atoms with Crippen LogP contribution in [0.15, 0.2) is 48.8 Å². The number of carbonyl (C=O) groups is 1. The summed E-state index contributed by atoms with van der Waals surface area (Å²) in [6.07, 6.45) is 4.50. The third-order valence-corrected chi connectivity index (χ3v) is 3.97. The fraction of sp³-hybridized carbons (Fsp3) is 0.278. The number of pyridine rings is 1. The number of rotatable bonds is 5. The first kappa shape index (κ1) is 14.4. The Bertz CT molecular complexity index is 792. The Hall–Kier alpha value is -2.49. The highest BCUT2D eigenvalue weighted by atomic mass is 16.1. The van der Waals surface area contributed by atoms with Crippen LogP contribution in [0.3, 0.4) is 0 Å². The molecule has 3 aromatic rings. The van der Waals surface area contributed by atoms with Gasteiger partial charge in [-0.05, 0) is 17.5 Å². The number of aromatic nitrogens is 3. The van der Waals surface area contributed by atoms with E-state index in [1.807, 2.05) is 31.3 Å². The maximum atomic E-state index is 12.3. The second kappa shape index (κ2) is 6.10. The second-order valence-electron chi connectivity index (χ2n) is 5.73. The molecule has 22 heavy (non-hydrogen) atoms. The Morgan fingerprint density at radius 2 is 2.00 bits per heavy atom. The number of benzene rings is 1. The average Bonchev–Trinajstić information content (AvgIpc) is 2.89. The molecule has 0 radical (unpaired) electrons. The molecule has 0 aliphatic heterocycles. The van der Waals surface area contributed by atoms with E-state index in [4.69, 9.17) is 0 Å². The van der Waals surface area contributed by atoms with Gasteiger partial charge in [0.15, 0.2) is 0 Å². The molecule has 4 heteroatoms. The van der Waals surface area contributed by atoms with E-state index in [1.165, 1.54) is 5.56 Å². The van der Waals surface area contributed by atoms with Crippen LogP contribution in [0.25, 0.3) is 10.9 Å². The van der Waals surface area contributed by atoms with E-state index in [0.717, 1.165) is 16.6 Å². The zero-order valence-electron chi connectivity index (χ0n) is 12.9. The monoisotopic (exact) mass is 293 g/mol. The number of hydrogen-bond donors (Lipinski definition) is 0. The number of carbonyl (C=O) groups excluding carboxylic acids is 1. The van der Waals surface area contributed by atoms with Crippen LogP contribution in [0.1, 0.15) is 30.5 Å². The predicted octanol–water partition coefficient (Wildman–Crippen LogP) is 3.27.